The van der Waals surface area contributed by atoms with Gasteiger partial charge in [-0.2, -0.15) is 0 Å². The monoisotopic (exact) mass is 447 g/mol. The van der Waals surface area contributed by atoms with Gasteiger partial charge in [0, 0.05) is 29.9 Å². The molecule has 0 bridgehead atoms. The lowest BCUT2D eigenvalue weighted by atomic mass is 10.2. The van der Waals surface area contributed by atoms with Crippen molar-refractivity contribution in [2.24, 2.45) is 0 Å². The second kappa shape index (κ2) is 9.05. The Hall–Kier alpha value is -3.69. The van der Waals surface area contributed by atoms with Crippen LogP contribution < -0.4 is 15.8 Å². The number of para-hydroxylation sites is 1. The first-order valence-corrected chi connectivity index (χ1v) is 10.9. The number of hydrogen-bond donors (Lipinski definition) is 2. The van der Waals surface area contributed by atoms with Crippen molar-refractivity contribution in [3.8, 4) is 0 Å². The SMILES string of the molecule is CN(CC(=O)Nc1ccc(N2CCOCC2)cc1)Cc1nc2c(oc3ccccc32)c(=O)[nH]1. The quantitative estimate of drug-likeness (QED) is 0.468. The molecule has 0 unspecified atom stereocenters. The summed E-state index contributed by atoms with van der Waals surface area (Å²) in [5.74, 6) is 0.332. The predicted octanol–water partition coefficient (Wildman–Crippen LogP) is 2.58. The molecule has 2 aromatic carbocycles. The van der Waals surface area contributed by atoms with Gasteiger partial charge < -0.3 is 24.4 Å². The molecule has 4 aromatic rings. The van der Waals surface area contributed by atoms with Crippen molar-refractivity contribution in [2.75, 3.05) is 50.1 Å². The number of nitrogens with one attached hydrogen (secondary N) is 2. The maximum Gasteiger partial charge on any atom is 0.294 e. The minimum Gasteiger partial charge on any atom is -0.449 e. The second-order valence-corrected chi connectivity index (χ2v) is 8.16. The van der Waals surface area contributed by atoms with Crippen molar-refractivity contribution >= 4 is 39.4 Å². The Morgan fingerprint density at radius 1 is 1.15 bits per heavy atom. The third kappa shape index (κ3) is 4.59. The van der Waals surface area contributed by atoms with Gasteiger partial charge in [-0.1, -0.05) is 12.1 Å². The van der Waals surface area contributed by atoms with Crippen LogP contribution in [0.1, 0.15) is 5.82 Å². The minimum atomic E-state index is -0.329. The van der Waals surface area contributed by atoms with Crippen molar-refractivity contribution < 1.29 is 13.9 Å². The van der Waals surface area contributed by atoms with E-state index in [1.165, 1.54) is 0 Å². The number of morpholine rings is 1. The molecule has 0 saturated carbocycles. The van der Waals surface area contributed by atoms with Crippen LogP contribution in [0.3, 0.4) is 0 Å². The molecule has 2 aromatic heterocycles. The summed E-state index contributed by atoms with van der Waals surface area (Å²) in [4.78, 5) is 36.4. The van der Waals surface area contributed by atoms with Crippen LogP contribution in [0, 0.1) is 0 Å². The van der Waals surface area contributed by atoms with Gasteiger partial charge >= 0.3 is 0 Å². The Morgan fingerprint density at radius 3 is 2.70 bits per heavy atom. The summed E-state index contributed by atoms with van der Waals surface area (Å²) >= 11 is 0. The number of carbonyl (C=O) groups excluding carboxylic acids is 1. The van der Waals surface area contributed by atoms with Crippen LogP contribution in [0.4, 0.5) is 11.4 Å². The third-order valence-electron chi connectivity index (χ3n) is 5.64. The van der Waals surface area contributed by atoms with E-state index in [9.17, 15) is 9.59 Å². The smallest absolute Gasteiger partial charge is 0.294 e. The highest BCUT2D eigenvalue weighted by Crippen LogP contribution is 2.24. The molecular formula is C24H25N5O4. The van der Waals surface area contributed by atoms with Crippen molar-refractivity contribution in [1.29, 1.82) is 0 Å². The molecule has 1 amide bonds. The number of aromatic amines is 1. The topological polar surface area (TPSA) is 104 Å². The minimum absolute atomic E-state index is 0.145. The first kappa shape index (κ1) is 21.2. The first-order chi connectivity index (χ1) is 16.1. The van der Waals surface area contributed by atoms with E-state index in [-0.39, 0.29) is 23.6 Å². The number of amides is 1. The van der Waals surface area contributed by atoms with Gasteiger partial charge in [0.1, 0.15) is 16.9 Å². The number of nitrogens with zero attached hydrogens (tertiary/aromatic N) is 3. The summed E-state index contributed by atoms with van der Waals surface area (Å²) < 4.78 is 11.0. The molecule has 170 valence electrons. The standard InChI is InChI=1S/C24H25N5O4/c1-28(14-20-26-22-18-4-2-3-5-19(18)33-23(22)24(31)27-20)15-21(30)25-16-6-8-17(9-7-16)29-10-12-32-13-11-29/h2-9H,10-15H2,1H3,(H,25,30)(H,26,27,31). The lowest BCUT2D eigenvalue weighted by Crippen LogP contribution is -2.36. The molecule has 3 heterocycles. The lowest BCUT2D eigenvalue weighted by molar-refractivity contribution is -0.117. The Kier molecular flexibility index (Phi) is 5.80. The van der Waals surface area contributed by atoms with Gasteiger partial charge in [-0.25, -0.2) is 4.98 Å². The van der Waals surface area contributed by atoms with E-state index in [1.807, 2.05) is 42.5 Å². The largest absolute Gasteiger partial charge is 0.449 e. The van der Waals surface area contributed by atoms with Gasteiger partial charge in [0.2, 0.25) is 11.5 Å². The highest BCUT2D eigenvalue weighted by Gasteiger charge is 2.15. The van der Waals surface area contributed by atoms with Gasteiger partial charge in [-0.3, -0.25) is 14.5 Å². The van der Waals surface area contributed by atoms with Crippen molar-refractivity contribution in [1.82, 2.24) is 14.9 Å². The zero-order valence-corrected chi connectivity index (χ0v) is 18.3. The van der Waals surface area contributed by atoms with E-state index in [0.717, 1.165) is 43.1 Å². The summed E-state index contributed by atoms with van der Waals surface area (Å²) in [6.45, 7) is 3.66. The van der Waals surface area contributed by atoms with Crippen LogP contribution >= 0.6 is 0 Å². The molecule has 0 atom stereocenters. The van der Waals surface area contributed by atoms with Crippen LogP contribution in [-0.4, -0.2) is 60.7 Å². The molecule has 0 radical (unpaired) electrons. The number of benzene rings is 2. The fourth-order valence-electron chi connectivity index (χ4n) is 4.06. The van der Waals surface area contributed by atoms with Crippen molar-refractivity contribution in [2.45, 2.75) is 6.54 Å². The van der Waals surface area contributed by atoms with Crippen molar-refractivity contribution in [3.63, 3.8) is 0 Å². The maximum atomic E-state index is 12.5. The summed E-state index contributed by atoms with van der Waals surface area (Å²) in [7, 11) is 1.80. The summed E-state index contributed by atoms with van der Waals surface area (Å²) in [5.41, 5.74) is 2.89. The van der Waals surface area contributed by atoms with E-state index in [1.54, 1.807) is 18.0 Å². The van der Waals surface area contributed by atoms with Crippen molar-refractivity contribution in [3.05, 3.63) is 64.7 Å². The molecule has 5 rings (SSSR count). The number of furan rings is 1. The summed E-state index contributed by atoms with van der Waals surface area (Å²) in [6, 6.07) is 15.2. The number of likely N-dealkylation sites (N-methyl/N-ethyl adjacent to an activating group) is 1. The van der Waals surface area contributed by atoms with E-state index >= 15 is 0 Å². The molecular weight excluding hydrogens is 422 g/mol. The number of carbonyl (C=O) groups is 1. The third-order valence-corrected chi connectivity index (χ3v) is 5.64. The number of hydrogen-bond acceptors (Lipinski definition) is 7. The first-order valence-electron chi connectivity index (χ1n) is 10.9. The Labute approximate surface area is 190 Å². The second-order valence-electron chi connectivity index (χ2n) is 8.16. The number of fused-ring (bicyclic) bond motifs is 3. The van der Waals surface area contributed by atoms with Crippen LogP contribution in [0.5, 0.6) is 0 Å². The average Bonchev–Trinajstić information content (AvgIpc) is 3.19. The molecule has 33 heavy (non-hydrogen) atoms. The molecule has 9 heteroatoms. The Bertz CT molecular complexity index is 1340. The Balaban J connectivity index is 1.22. The number of H-pyrrole nitrogens is 1. The van der Waals surface area contributed by atoms with E-state index in [0.29, 0.717) is 23.5 Å². The highest BCUT2D eigenvalue weighted by atomic mass is 16.5. The fourth-order valence-corrected chi connectivity index (χ4v) is 4.06. The zero-order valence-electron chi connectivity index (χ0n) is 18.3. The molecule has 1 saturated heterocycles. The molecule has 2 N–H and O–H groups in total. The molecule has 0 spiro atoms. The van der Waals surface area contributed by atoms with E-state index < -0.39 is 0 Å². The number of ether oxygens (including phenoxy) is 1. The van der Waals surface area contributed by atoms with Gasteiger partial charge in [0.05, 0.1) is 26.3 Å². The Morgan fingerprint density at radius 2 is 1.91 bits per heavy atom. The molecule has 0 aliphatic carbocycles. The van der Waals surface area contributed by atoms with Crippen LogP contribution in [-0.2, 0) is 16.1 Å². The average molecular weight is 447 g/mol. The number of rotatable bonds is 6. The number of anilines is 2. The van der Waals surface area contributed by atoms with E-state index in [4.69, 9.17) is 9.15 Å². The summed E-state index contributed by atoms with van der Waals surface area (Å²) in [5, 5.41) is 3.71. The fraction of sp³-hybridized carbons (Fsp3) is 0.292. The van der Waals surface area contributed by atoms with E-state index in [2.05, 4.69) is 20.2 Å². The van der Waals surface area contributed by atoms with Crippen LogP contribution in [0.15, 0.2) is 57.7 Å². The van der Waals surface area contributed by atoms with Gasteiger partial charge in [-0.15, -0.1) is 0 Å². The zero-order chi connectivity index (χ0) is 22.8. The highest BCUT2D eigenvalue weighted by molar-refractivity contribution is 6.01. The lowest BCUT2D eigenvalue weighted by Gasteiger charge is -2.28. The number of aromatic nitrogens is 2. The van der Waals surface area contributed by atoms with Gasteiger partial charge in [-0.05, 0) is 43.4 Å². The maximum absolute atomic E-state index is 12.5. The van der Waals surface area contributed by atoms with Crippen LogP contribution in [0.2, 0.25) is 0 Å². The predicted molar refractivity (Wildman–Crippen MR) is 127 cm³/mol. The molecule has 9 nitrogen and oxygen atoms in total. The van der Waals surface area contributed by atoms with Crippen LogP contribution in [0.25, 0.3) is 22.1 Å². The molecule has 1 aliphatic rings. The van der Waals surface area contributed by atoms with Gasteiger partial charge in [0.25, 0.3) is 5.56 Å². The molecule has 1 fully saturated rings. The molecule has 1 aliphatic heterocycles. The summed E-state index contributed by atoms with van der Waals surface area (Å²) in [6.07, 6.45) is 0. The normalized spacial score (nSPS) is 14.3. The van der Waals surface area contributed by atoms with Gasteiger partial charge in [0.15, 0.2) is 0 Å².